The minimum absolute atomic E-state index is 0.121. The fourth-order valence-corrected chi connectivity index (χ4v) is 3.93. The maximum absolute atomic E-state index is 6.45. The van der Waals surface area contributed by atoms with Crippen LogP contribution >= 0.6 is 22.9 Å². The van der Waals surface area contributed by atoms with Crippen LogP contribution in [-0.4, -0.2) is 9.59 Å². The van der Waals surface area contributed by atoms with Gasteiger partial charge in [-0.25, -0.2) is 0 Å². The number of thiophene rings is 1. The number of aromatic nitrogens is 2. The summed E-state index contributed by atoms with van der Waals surface area (Å²) in [7, 11) is 0. The fourth-order valence-electron chi connectivity index (χ4n) is 2.26. The van der Waals surface area contributed by atoms with Crippen LogP contribution in [-0.2, 0) is 6.42 Å². The normalized spacial score (nSPS) is 12.9. The van der Waals surface area contributed by atoms with Crippen LogP contribution in [0, 0.1) is 0 Å². The molecule has 2 N–H and O–H groups in total. The molecule has 0 aliphatic heterocycles. The van der Waals surface area contributed by atoms with E-state index in [1.54, 1.807) is 11.3 Å². The predicted molar refractivity (Wildman–Crippen MR) is 81.8 cm³/mol. The first kappa shape index (κ1) is 12.7. The molecular formula is C14H15N3S2. The summed E-state index contributed by atoms with van der Waals surface area (Å²) in [6.07, 6.45) is 2.01. The second-order valence-electron chi connectivity index (χ2n) is 4.50. The molecule has 1 unspecified atom stereocenters. The summed E-state index contributed by atoms with van der Waals surface area (Å²) in [4.78, 5) is 1.10. The van der Waals surface area contributed by atoms with E-state index in [1.807, 2.05) is 0 Å². The summed E-state index contributed by atoms with van der Waals surface area (Å²) >= 11 is 3.16. The van der Waals surface area contributed by atoms with Crippen molar-refractivity contribution in [3.8, 4) is 0 Å². The number of aryl methyl sites for hydroxylation is 1. The van der Waals surface area contributed by atoms with Crippen molar-refractivity contribution in [1.29, 1.82) is 0 Å². The van der Waals surface area contributed by atoms with Crippen LogP contribution in [0.2, 0.25) is 0 Å². The number of hydrogen-bond acceptors (Lipinski definition) is 5. The molecule has 1 aromatic carbocycles. The van der Waals surface area contributed by atoms with E-state index in [9.17, 15) is 0 Å². The van der Waals surface area contributed by atoms with Gasteiger partial charge >= 0.3 is 0 Å². The minimum atomic E-state index is -0.121. The Hall–Kier alpha value is -1.30. The monoisotopic (exact) mass is 289 g/mol. The molecular weight excluding hydrogens is 274 g/mol. The lowest BCUT2D eigenvalue weighted by molar-refractivity contribution is 0.818. The van der Waals surface area contributed by atoms with Crippen molar-refractivity contribution in [3.05, 3.63) is 45.8 Å². The third-order valence-corrected chi connectivity index (χ3v) is 5.03. The molecule has 0 saturated carbocycles. The first-order valence-electron chi connectivity index (χ1n) is 6.34. The largest absolute Gasteiger partial charge is 0.319 e. The summed E-state index contributed by atoms with van der Waals surface area (Å²) in [5.74, 6) is 0. The highest BCUT2D eigenvalue weighted by atomic mass is 32.1. The van der Waals surface area contributed by atoms with Crippen molar-refractivity contribution >= 4 is 33.0 Å². The van der Waals surface area contributed by atoms with E-state index in [0.717, 1.165) is 23.4 Å². The molecule has 19 heavy (non-hydrogen) atoms. The van der Waals surface area contributed by atoms with Crippen LogP contribution in [0.3, 0.4) is 0 Å². The molecule has 0 bridgehead atoms. The van der Waals surface area contributed by atoms with Gasteiger partial charge in [0, 0.05) is 4.70 Å². The van der Waals surface area contributed by atoms with Crippen molar-refractivity contribution in [3.63, 3.8) is 0 Å². The molecule has 3 nitrogen and oxygen atoms in total. The van der Waals surface area contributed by atoms with Gasteiger partial charge in [-0.05, 0) is 40.3 Å². The fraction of sp³-hybridized carbons (Fsp3) is 0.286. The number of nitrogens with zero attached hydrogens (tertiary/aromatic N) is 2. The van der Waals surface area contributed by atoms with E-state index in [2.05, 4.69) is 46.2 Å². The van der Waals surface area contributed by atoms with E-state index in [1.165, 1.54) is 27.2 Å². The second-order valence-corrected chi connectivity index (χ2v) is 6.20. The van der Waals surface area contributed by atoms with E-state index >= 15 is 0 Å². The zero-order chi connectivity index (χ0) is 13.2. The van der Waals surface area contributed by atoms with Gasteiger partial charge in [0.2, 0.25) is 0 Å². The van der Waals surface area contributed by atoms with Crippen LogP contribution < -0.4 is 5.73 Å². The molecule has 0 saturated heterocycles. The molecule has 0 aliphatic carbocycles. The van der Waals surface area contributed by atoms with E-state index in [4.69, 9.17) is 5.73 Å². The molecule has 3 rings (SSSR count). The summed E-state index contributed by atoms with van der Waals surface area (Å²) in [6, 6.07) is 8.31. The third-order valence-electron chi connectivity index (χ3n) is 3.20. The Labute approximate surface area is 120 Å². The van der Waals surface area contributed by atoms with Gasteiger partial charge in [-0.1, -0.05) is 36.0 Å². The summed E-state index contributed by atoms with van der Waals surface area (Å²) < 4.78 is 5.34. The first-order valence-corrected chi connectivity index (χ1v) is 7.99. The smallest absolute Gasteiger partial charge is 0.0807 e. The lowest BCUT2D eigenvalue weighted by Crippen LogP contribution is -2.12. The SMILES string of the molecule is CCCc1nnsc1C(N)c1cccc2ccsc12. The minimum Gasteiger partial charge on any atom is -0.319 e. The Balaban J connectivity index is 2.05. The lowest BCUT2D eigenvalue weighted by atomic mass is 10.0. The molecule has 2 aromatic heterocycles. The van der Waals surface area contributed by atoms with Crippen LogP contribution in [0.5, 0.6) is 0 Å². The molecule has 0 aliphatic rings. The van der Waals surface area contributed by atoms with Gasteiger partial charge in [-0.2, -0.15) is 0 Å². The molecule has 0 amide bonds. The molecule has 3 aromatic rings. The lowest BCUT2D eigenvalue weighted by Gasteiger charge is -2.12. The average Bonchev–Trinajstić information content (AvgIpc) is 3.06. The summed E-state index contributed by atoms with van der Waals surface area (Å²) in [6.45, 7) is 2.15. The van der Waals surface area contributed by atoms with Crippen LogP contribution in [0.25, 0.3) is 10.1 Å². The Kier molecular flexibility index (Phi) is 3.59. The van der Waals surface area contributed by atoms with E-state index in [0.29, 0.717) is 0 Å². The van der Waals surface area contributed by atoms with Gasteiger partial charge in [0.05, 0.1) is 16.6 Å². The van der Waals surface area contributed by atoms with Gasteiger partial charge in [-0.3, -0.25) is 0 Å². The molecule has 0 radical (unpaired) electrons. The highest BCUT2D eigenvalue weighted by molar-refractivity contribution is 7.17. The van der Waals surface area contributed by atoms with Gasteiger partial charge in [0.1, 0.15) is 0 Å². The van der Waals surface area contributed by atoms with Crippen molar-refractivity contribution < 1.29 is 0 Å². The zero-order valence-corrected chi connectivity index (χ0v) is 12.3. The maximum atomic E-state index is 6.45. The Bertz CT molecular complexity index is 687. The quantitative estimate of drug-likeness (QED) is 0.795. The standard InChI is InChI=1S/C14H15N3S2/c1-2-4-11-14(19-17-16-11)12(15)10-6-3-5-9-7-8-18-13(9)10/h3,5-8,12H,2,4,15H2,1H3. The first-order chi connectivity index (χ1) is 9.31. The predicted octanol–water partition coefficient (Wildman–Crippen LogP) is 3.75. The van der Waals surface area contributed by atoms with Gasteiger partial charge in [-0.15, -0.1) is 16.4 Å². The van der Waals surface area contributed by atoms with Gasteiger partial charge in [0.15, 0.2) is 0 Å². The Morgan fingerprint density at radius 2 is 2.21 bits per heavy atom. The summed E-state index contributed by atoms with van der Waals surface area (Å²) in [5.41, 5.74) is 8.68. The van der Waals surface area contributed by atoms with Crippen LogP contribution in [0.1, 0.15) is 35.5 Å². The second kappa shape index (κ2) is 5.36. The molecule has 5 heteroatoms. The van der Waals surface area contributed by atoms with Gasteiger partial charge in [0.25, 0.3) is 0 Å². The van der Waals surface area contributed by atoms with E-state index < -0.39 is 0 Å². The third kappa shape index (κ3) is 2.29. The van der Waals surface area contributed by atoms with Crippen molar-refractivity contribution in [2.24, 2.45) is 5.73 Å². The number of rotatable bonds is 4. The average molecular weight is 289 g/mol. The molecule has 0 fully saturated rings. The maximum Gasteiger partial charge on any atom is 0.0807 e. The molecule has 1 atom stereocenters. The topological polar surface area (TPSA) is 51.8 Å². The molecule has 0 spiro atoms. The highest BCUT2D eigenvalue weighted by Crippen LogP contribution is 2.33. The Morgan fingerprint density at radius 3 is 3.05 bits per heavy atom. The van der Waals surface area contributed by atoms with Crippen LogP contribution in [0.4, 0.5) is 0 Å². The van der Waals surface area contributed by atoms with E-state index in [-0.39, 0.29) is 6.04 Å². The number of nitrogens with two attached hydrogens (primary N) is 1. The van der Waals surface area contributed by atoms with Crippen LogP contribution in [0.15, 0.2) is 29.6 Å². The number of fused-ring (bicyclic) bond motifs is 1. The molecule has 98 valence electrons. The van der Waals surface area contributed by atoms with Crippen molar-refractivity contribution in [2.45, 2.75) is 25.8 Å². The van der Waals surface area contributed by atoms with Crippen molar-refractivity contribution in [1.82, 2.24) is 9.59 Å². The summed E-state index contributed by atoms with van der Waals surface area (Å²) in [5, 5.41) is 7.58. The Morgan fingerprint density at radius 1 is 1.32 bits per heavy atom. The van der Waals surface area contributed by atoms with Crippen molar-refractivity contribution in [2.75, 3.05) is 0 Å². The number of benzene rings is 1. The zero-order valence-electron chi connectivity index (χ0n) is 10.7. The number of hydrogen-bond donors (Lipinski definition) is 1. The van der Waals surface area contributed by atoms with Gasteiger partial charge < -0.3 is 5.73 Å². The highest BCUT2D eigenvalue weighted by Gasteiger charge is 2.19. The molecule has 2 heterocycles.